The number of alkyl carbamates (subject to hydrolysis) is 1. The van der Waals surface area contributed by atoms with Gasteiger partial charge in [-0.3, -0.25) is 10.1 Å². The van der Waals surface area contributed by atoms with Gasteiger partial charge in [0, 0.05) is 18.7 Å². The minimum atomic E-state index is -3.42. The molecule has 0 aromatic heterocycles. The Morgan fingerprint density at radius 3 is 2.19 bits per heavy atom. The lowest BCUT2D eigenvalue weighted by Crippen LogP contribution is -2.32. The number of ether oxygens (including phenoxy) is 1. The lowest BCUT2D eigenvalue weighted by atomic mass is 10.1. The highest BCUT2D eigenvalue weighted by Crippen LogP contribution is 2.18. The van der Waals surface area contributed by atoms with Crippen LogP contribution in [0, 0.1) is 10.1 Å². The van der Waals surface area contributed by atoms with Crippen LogP contribution in [-0.2, 0) is 14.6 Å². The SMILES string of the molecule is CC(C)(C)OC(=O)NCCCCCCCS(=O)(=O)c1ccc([N+](=O)[O-])cc1. The van der Waals surface area contributed by atoms with Crippen LogP contribution < -0.4 is 5.32 Å². The zero-order valence-corrected chi connectivity index (χ0v) is 16.9. The van der Waals surface area contributed by atoms with E-state index < -0.39 is 26.5 Å². The molecule has 9 heteroatoms. The van der Waals surface area contributed by atoms with E-state index in [4.69, 9.17) is 4.74 Å². The number of rotatable bonds is 10. The molecule has 0 aliphatic carbocycles. The number of carbonyl (C=O) groups excluding carboxylic acids is 1. The third-order valence-electron chi connectivity index (χ3n) is 3.66. The molecule has 27 heavy (non-hydrogen) atoms. The number of hydrogen-bond donors (Lipinski definition) is 1. The molecule has 1 aromatic rings. The van der Waals surface area contributed by atoms with Crippen molar-refractivity contribution >= 4 is 21.6 Å². The summed E-state index contributed by atoms with van der Waals surface area (Å²) < 4.78 is 29.5. The van der Waals surface area contributed by atoms with Gasteiger partial charge in [0.2, 0.25) is 0 Å². The first-order chi connectivity index (χ1) is 12.5. The van der Waals surface area contributed by atoms with E-state index in [1.807, 2.05) is 0 Å². The van der Waals surface area contributed by atoms with Crippen LogP contribution >= 0.6 is 0 Å². The van der Waals surface area contributed by atoms with Gasteiger partial charge in [-0.2, -0.15) is 0 Å². The van der Waals surface area contributed by atoms with Crippen LogP contribution in [0.25, 0.3) is 0 Å². The highest BCUT2D eigenvalue weighted by atomic mass is 32.2. The van der Waals surface area contributed by atoms with E-state index in [2.05, 4.69) is 5.32 Å². The van der Waals surface area contributed by atoms with Gasteiger partial charge in [-0.15, -0.1) is 0 Å². The molecule has 152 valence electrons. The lowest BCUT2D eigenvalue weighted by Gasteiger charge is -2.19. The summed E-state index contributed by atoms with van der Waals surface area (Å²) >= 11 is 0. The second-order valence-corrected chi connectivity index (χ2v) is 9.38. The molecule has 0 aliphatic rings. The fourth-order valence-electron chi connectivity index (χ4n) is 2.35. The molecule has 1 rings (SSSR count). The van der Waals surface area contributed by atoms with E-state index in [9.17, 15) is 23.3 Å². The molecule has 0 bridgehead atoms. The van der Waals surface area contributed by atoms with Gasteiger partial charge in [-0.1, -0.05) is 19.3 Å². The molecular weight excluding hydrogens is 372 g/mol. The molecule has 0 fully saturated rings. The molecule has 1 N–H and O–H groups in total. The van der Waals surface area contributed by atoms with Crippen molar-refractivity contribution < 1.29 is 22.9 Å². The number of nitro benzene ring substituents is 1. The number of benzene rings is 1. The van der Waals surface area contributed by atoms with Crippen molar-refractivity contribution in [2.24, 2.45) is 0 Å². The molecule has 0 heterocycles. The highest BCUT2D eigenvalue weighted by Gasteiger charge is 2.16. The number of sulfone groups is 1. The average molecular weight is 400 g/mol. The van der Waals surface area contributed by atoms with E-state index >= 15 is 0 Å². The normalized spacial score (nSPS) is 11.8. The molecule has 0 unspecified atom stereocenters. The van der Waals surface area contributed by atoms with E-state index in [0.717, 1.165) is 25.7 Å². The Balaban J connectivity index is 2.20. The molecular formula is C18H28N2O6S. The average Bonchev–Trinajstić information content (AvgIpc) is 2.55. The summed E-state index contributed by atoms with van der Waals surface area (Å²) in [5.74, 6) is 0.0149. The summed E-state index contributed by atoms with van der Waals surface area (Å²) in [6.07, 6.45) is 3.40. The van der Waals surface area contributed by atoms with Crippen LogP contribution in [0.4, 0.5) is 10.5 Å². The molecule has 0 aliphatic heterocycles. The number of nitrogens with zero attached hydrogens (tertiary/aromatic N) is 1. The fraction of sp³-hybridized carbons (Fsp3) is 0.611. The first-order valence-electron chi connectivity index (χ1n) is 8.95. The van der Waals surface area contributed by atoms with Crippen molar-refractivity contribution in [2.45, 2.75) is 63.4 Å². The van der Waals surface area contributed by atoms with E-state index in [-0.39, 0.29) is 16.3 Å². The first-order valence-corrected chi connectivity index (χ1v) is 10.6. The van der Waals surface area contributed by atoms with Crippen LogP contribution in [0.5, 0.6) is 0 Å². The van der Waals surface area contributed by atoms with Crippen molar-refractivity contribution in [2.75, 3.05) is 12.3 Å². The molecule has 0 atom stereocenters. The van der Waals surface area contributed by atoms with E-state index in [0.29, 0.717) is 13.0 Å². The third-order valence-corrected chi connectivity index (χ3v) is 5.48. The van der Waals surface area contributed by atoms with Crippen molar-refractivity contribution in [1.82, 2.24) is 5.32 Å². The van der Waals surface area contributed by atoms with Crippen LogP contribution in [0.3, 0.4) is 0 Å². The zero-order chi connectivity index (χ0) is 20.5. The number of nitrogens with one attached hydrogen (secondary N) is 1. The van der Waals surface area contributed by atoms with Gasteiger partial charge in [0.15, 0.2) is 9.84 Å². The van der Waals surface area contributed by atoms with E-state index in [1.54, 1.807) is 20.8 Å². The van der Waals surface area contributed by atoms with Crippen molar-refractivity contribution in [1.29, 1.82) is 0 Å². The van der Waals surface area contributed by atoms with Crippen molar-refractivity contribution in [3.05, 3.63) is 34.4 Å². The Morgan fingerprint density at radius 1 is 1.07 bits per heavy atom. The quantitative estimate of drug-likeness (QED) is 0.362. The molecule has 0 saturated heterocycles. The predicted octanol–water partition coefficient (Wildman–Crippen LogP) is 3.84. The molecule has 0 radical (unpaired) electrons. The van der Waals surface area contributed by atoms with E-state index in [1.165, 1.54) is 24.3 Å². The number of hydrogen-bond acceptors (Lipinski definition) is 6. The number of unbranched alkanes of at least 4 members (excludes halogenated alkanes) is 4. The highest BCUT2D eigenvalue weighted by molar-refractivity contribution is 7.91. The van der Waals surface area contributed by atoms with Gasteiger partial charge < -0.3 is 10.1 Å². The van der Waals surface area contributed by atoms with Crippen molar-refractivity contribution in [3.8, 4) is 0 Å². The maximum atomic E-state index is 12.2. The second-order valence-electron chi connectivity index (χ2n) is 7.27. The first kappa shape index (κ1) is 22.9. The Bertz CT molecular complexity index is 723. The predicted molar refractivity (Wildman–Crippen MR) is 102 cm³/mol. The van der Waals surface area contributed by atoms with Crippen LogP contribution in [0.1, 0.15) is 52.9 Å². The van der Waals surface area contributed by atoms with Crippen LogP contribution in [0.15, 0.2) is 29.2 Å². The largest absolute Gasteiger partial charge is 0.444 e. The maximum Gasteiger partial charge on any atom is 0.407 e. The number of amides is 1. The summed E-state index contributed by atoms with van der Waals surface area (Å²) in [5, 5.41) is 13.3. The maximum absolute atomic E-state index is 12.2. The lowest BCUT2D eigenvalue weighted by molar-refractivity contribution is -0.384. The monoisotopic (exact) mass is 400 g/mol. The topological polar surface area (TPSA) is 116 Å². The Morgan fingerprint density at radius 2 is 1.63 bits per heavy atom. The molecule has 1 amide bonds. The summed E-state index contributed by atoms with van der Waals surface area (Å²) in [6.45, 7) is 5.93. The van der Waals surface area contributed by atoms with Gasteiger partial charge in [-0.05, 0) is 45.7 Å². The van der Waals surface area contributed by atoms with Gasteiger partial charge in [0.1, 0.15) is 5.60 Å². The summed E-state index contributed by atoms with van der Waals surface area (Å²) in [6, 6.07) is 4.95. The Kier molecular flexibility index (Phi) is 8.68. The van der Waals surface area contributed by atoms with Gasteiger partial charge in [-0.25, -0.2) is 13.2 Å². The number of carbonyl (C=O) groups is 1. The fourth-order valence-corrected chi connectivity index (χ4v) is 3.72. The smallest absolute Gasteiger partial charge is 0.407 e. The van der Waals surface area contributed by atoms with Crippen LogP contribution in [0.2, 0.25) is 0 Å². The summed E-state index contributed by atoms with van der Waals surface area (Å²) in [4.78, 5) is 21.6. The Labute approximate surface area is 160 Å². The summed E-state index contributed by atoms with van der Waals surface area (Å²) in [5.41, 5.74) is -0.645. The van der Waals surface area contributed by atoms with Gasteiger partial charge in [0.05, 0.1) is 15.6 Å². The molecule has 0 spiro atoms. The standard InChI is InChI=1S/C18H28N2O6S/c1-18(2,3)26-17(21)19-13-7-5-4-6-8-14-27(24,25)16-11-9-15(10-12-16)20(22)23/h9-12H,4-8,13-14H2,1-3H3,(H,19,21). The number of non-ortho nitro benzene ring substituents is 1. The Hall–Kier alpha value is -2.16. The summed E-state index contributed by atoms with van der Waals surface area (Å²) in [7, 11) is -3.42. The third kappa shape index (κ3) is 9.37. The van der Waals surface area contributed by atoms with Gasteiger partial charge >= 0.3 is 6.09 Å². The second kappa shape index (κ2) is 10.2. The molecule has 8 nitrogen and oxygen atoms in total. The van der Waals surface area contributed by atoms with Gasteiger partial charge in [0.25, 0.3) is 5.69 Å². The zero-order valence-electron chi connectivity index (χ0n) is 16.1. The van der Waals surface area contributed by atoms with Crippen LogP contribution in [-0.4, -0.2) is 37.3 Å². The number of nitro groups is 1. The minimum absolute atomic E-state index is 0.0149. The molecule has 0 saturated carbocycles. The molecule has 1 aromatic carbocycles. The minimum Gasteiger partial charge on any atom is -0.444 e. The van der Waals surface area contributed by atoms with Crippen molar-refractivity contribution in [3.63, 3.8) is 0 Å².